The van der Waals surface area contributed by atoms with E-state index in [9.17, 15) is 4.79 Å². The van der Waals surface area contributed by atoms with Crippen LogP contribution in [0.15, 0.2) is 51.5 Å². The van der Waals surface area contributed by atoms with Gasteiger partial charge in [0.1, 0.15) is 0 Å². The summed E-state index contributed by atoms with van der Waals surface area (Å²) in [4.78, 5) is 16.4. The lowest BCUT2D eigenvalue weighted by atomic mass is 10.1. The lowest BCUT2D eigenvalue weighted by Crippen LogP contribution is -2.49. The predicted octanol–water partition coefficient (Wildman–Crippen LogP) is 3.16. The number of hydrogen-bond donors (Lipinski definition) is 0. The largest absolute Gasteiger partial charge is 0.459 e. The number of furan rings is 1. The third-order valence-corrected chi connectivity index (χ3v) is 4.94. The van der Waals surface area contributed by atoms with Crippen molar-refractivity contribution in [2.75, 3.05) is 26.2 Å². The van der Waals surface area contributed by atoms with Crippen molar-refractivity contribution in [2.24, 2.45) is 0 Å². The number of carbonyl (C=O) groups is 1. The van der Waals surface area contributed by atoms with Crippen molar-refractivity contribution in [2.45, 2.75) is 19.9 Å². The zero-order valence-electron chi connectivity index (χ0n) is 15.5. The van der Waals surface area contributed by atoms with E-state index in [1.807, 2.05) is 36.1 Å². The van der Waals surface area contributed by atoms with Crippen LogP contribution in [0, 0.1) is 6.92 Å². The highest BCUT2D eigenvalue weighted by Crippen LogP contribution is 2.25. The summed E-state index contributed by atoms with van der Waals surface area (Å²) in [5.41, 5.74) is 2.08. The molecule has 1 amide bonds. The summed E-state index contributed by atoms with van der Waals surface area (Å²) in [6.45, 7) is 6.86. The molecule has 0 spiro atoms. The average Bonchev–Trinajstić information content (AvgIpc) is 3.39. The van der Waals surface area contributed by atoms with Gasteiger partial charge in [0.2, 0.25) is 11.8 Å². The van der Waals surface area contributed by atoms with Crippen LogP contribution in [0.25, 0.3) is 11.5 Å². The van der Waals surface area contributed by atoms with Crippen molar-refractivity contribution in [3.8, 4) is 11.5 Å². The number of aromatic nitrogens is 2. The molecule has 1 saturated heterocycles. The maximum Gasteiger partial charge on any atom is 0.289 e. The Kier molecular flexibility index (Phi) is 4.77. The first kappa shape index (κ1) is 17.5. The number of nitrogens with zero attached hydrogens (tertiary/aromatic N) is 4. The lowest BCUT2D eigenvalue weighted by molar-refractivity contribution is 0.0531. The summed E-state index contributed by atoms with van der Waals surface area (Å²) in [6, 6.07) is 11.4. The fraction of sp³-hybridized carbons (Fsp3) is 0.350. The van der Waals surface area contributed by atoms with E-state index in [4.69, 9.17) is 8.83 Å². The zero-order valence-corrected chi connectivity index (χ0v) is 15.5. The summed E-state index contributed by atoms with van der Waals surface area (Å²) in [5, 5.41) is 8.44. The molecule has 7 nitrogen and oxygen atoms in total. The molecule has 140 valence electrons. The van der Waals surface area contributed by atoms with Gasteiger partial charge in [-0.15, -0.1) is 10.2 Å². The molecule has 0 unspecified atom stereocenters. The van der Waals surface area contributed by atoms with E-state index in [0.717, 1.165) is 24.2 Å². The monoisotopic (exact) mass is 366 g/mol. The number of piperazine rings is 1. The second kappa shape index (κ2) is 7.36. The normalized spacial score (nSPS) is 16.4. The van der Waals surface area contributed by atoms with E-state index in [-0.39, 0.29) is 11.9 Å². The second-order valence-electron chi connectivity index (χ2n) is 6.80. The number of benzene rings is 1. The number of aryl methyl sites for hydroxylation is 1. The Hall–Kier alpha value is -2.93. The summed E-state index contributed by atoms with van der Waals surface area (Å²) < 4.78 is 11.1. The van der Waals surface area contributed by atoms with Crippen LogP contribution in [0.2, 0.25) is 0 Å². The zero-order chi connectivity index (χ0) is 18.8. The molecule has 1 aliphatic heterocycles. The molecule has 1 atom stereocenters. The molecule has 0 N–H and O–H groups in total. The van der Waals surface area contributed by atoms with E-state index >= 15 is 0 Å². The van der Waals surface area contributed by atoms with Gasteiger partial charge in [0, 0.05) is 31.7 Å². The Balaban J connectivity index is 1.40. The molecule has 1 fully saturated rings. The predicted molar refractivity (Wildman–Crippen MR) is 99.1 cm³/mol. The highest BCUT2D eigenvalue weighted by Gasteiger charge is 2.28. The van der Waals surface area contributed by atoms with E-state index in [1.165, 1.54) is 6.26 Å². The Bertz CT molecular complexity index is 911. The summed E-state index contributed by atoms with van der Waals surface area (Å²) in [5.74, 6) is 1.45. The average molecular weight is 366 g/mol. The third kappa shape index (κ3) is 3.64. The van der Waals surface area contributed by atoms with Gasteiger partial charge in [0.15, 0.2) is 5.76 Å². The molecule has 0 saturated carbocycles. The molecule has 1 aliphatic rings. The van der Waals surface area contributed by atoms with Gasteiger partial charge in [-0.3, -0.25) is 9.69 Å². The fourth-order valence-electron chi connectivity index (χ4n) is 3.32. The Labute approximate surface area is 157 Å². The van der Waals surface area contributed by atoms with E-state index in [2.05, 4.69) is 22.0 Å². The maximum atomic E-state index is 12.4. The van der Waals surface area contributed by atoms with Crippen LogP contribution in [0.5, 0.6) is 0 Å². The van der Waals surface area contributed by atoms with Crippen molar-refractivity contribution in [3.05, 3.63) is 59.9 Å². The molecule has 0 bridgehead atoms. The Morgan fingerprint density at radius 2 is 1.93 bits per heavy atom. The highest BCUT2D eigenvalue weighted by molar-refractivity contribution is 5.91. The summed E-state index contributed by atoms with van der Waals surface area (Å²) >= 11 is 0. The smallest absolute Gasteiger partial charge is 0.289 e. The standard InChI is InChI=1S/C20H22N4O3/c1-14-5-3-6-16(13-14)19-22-21-18(27-19)15(2)23-8-10-24(11-9-23)20(25)17-7-4-12-26-17/h3-7,12-13,15H,8-11H2,1-2H3/t15-/m0/s1. The van der Waals surface area contributed by atoms with Crippen LogP contribution in [0.3, 0.4) is 0 Å². The highest BCUT2D eigenvalue weighted by atomic mass is 16.4. The van der Waals surface area contributed by atoms with E-state index in [1.54, 1.807) is 12.1 Å². The molecule has 2 aromatic heterocycles. The van der Waals surface area contributed by atoms with Crippen LogP contribution in [0.1, 0.15) is 35.0 Å². The number of hydrogen-bond acceptors (Lipinski definition) is 6. The minimum atomic E-state index is -0.0631. The third-order valence-electron chi connectivity index (χ3n) is 4.94. The summed E-state index contributed by atoms with van der Waals surface area (Å²) in [6.07, 6.45) is 1.52. The minimum absolute atomic E-state index is 0.00285. The first-order valence-electron chi connectivity index (χ1n) is 9.09. The van der Waals surface area contributed by atoms with Gasteiger partial charge in [0.05, 0.1) is 12.3 Å². The molecular formula is C20H22N4O3. The Morgan fingerprint density at radius 1 is 1.11 bits per heavy atom. The van der Waals surface area contributed by atoms with Crippen LogP contribution < -0.4 is 0 Å². The molecule has 3 aromatic rings. The van der Waals surface area contributed by atoms with Crippen molar-refractivity contribution < 1.29 is 13.6 Å². The SMILES string of the molecule is Cc1cccc(-c2nnc([C@H](C)N3CCN(C(=O)c4ccco4)CC3)o2)c1. The minimum Gasteiger partial charge on any atom is -0.459 e. The van der Waals surface area contributed by atoms with Crippen molar-refractivity contribution in [1.82, 2.24) is 20.0 Å². The van der Waals surface area contributed by atoms with Crippen LogP contribution in [-0.4, -0.2) is 52.1 Å². The van der Waals surface area contributed by atoms with Gasteiger partial charge in [-0.05, 0) is 38.1 Å². The molecule has 1 aromatic carbocycles. The maximum absolute atomic E-state index is 12.4. The van der Waals surface area contributed by atoms with Crippen molar-refractivity contribution in [3.63, 3.8) is 0 Å². The summed E-state index contributed by atoms with van der Waals surface area (Å²) in [7, 11) is 0. The molecule has 3 heterocycles. The topological polar surface area (TPSA) is 75.6 Å². The van der Waals surface area contributed by atoms with E-state index in [0.29, 0.717) is 30.6 Å². The van der Waals surface area contributed by atoms with Crippen molar-refractivity contribution >= 4 is 5.91 Å². The second-order valence-corrected chi connectivity index (χ2v) is 6.80. The van der Waals surface area contributed by atoms with Crippen molar-refractivity contribution in [1.29, 1.82) is 0 Å². The molecule has 0 radical (unpaired) electrons. The number of amides is 1. The van der Waals surface area contributed by atoms with Crippen LogP contribution in [-0.2, 0) is 0 Å². The van der Waals surface area contributed by atoms with Gasteiger partial charge in [-0.1, -0.05) is 17.7 Å². The fourth-order valence-corrected chi connectivity index (χ4v) is 3.32. The van der Waals surface area contributed by atoms with Gasteiger partial charge in [-0.25, -0.2) is 0 Å². The first-order valence-corrected chi connectivity index (χ1v) is 9.09. The first-order chi connectivity index (χ1) is 13.1. The molecule has 0 aliphatic carbocycles. The molecule has 4 rings (SSSR count). The van der Waals surface area contributed by atoms with E-state index < -0.39 is 0 Å². The van der Waals surface area contributed by atoms with Gasteiger partial charge in [0.25, 0.3) is 5.91 Å². The molecule has 27 heavy (non-hydrogen) atoms. The Morgan fingerprint density at radius 3 is 2.63 bits per heavy atom. The number of carbonyl (C=O) groups excluding carboxylic acids is 1. The van der Waals surface area contributed by atoms with Gasteiger partial charge >= 0.3 is 0 Å². The number of rotatable bonds is 4. The van der Waals surface area contributed by atoms with Crippen LogP contribution in [0.4, 0.5) is 0 Å². The molecule has 7 heteroatoms. The quantitative estimate of drug-likeness (QED) is 0.706. The van der Waals surface area contributed by atoms with Crippen LogP contribution >= 0.6 is 0 Å². The molecular weight excluding hydrogens is 344 g/mol. The van der Waals surface area contributed by atoms with Gasteiger partial charge in [-0.2, -0.15) is 0 Å². The lowest BCUT2D eigenvalue weighted by Gasteiger charge is -2.36. The van der Waals surface area contributed by atoms with Gasteiger partial charge < -0.3 is 13.7 Å².